The number of ether oxygens (including phenoxy) is 2. The van der Waals surface area contributed by atoms with E-state index in [2.05, 4.69) is 5.32 Å². The molecule has 0 saturated heterocycles. The standard InChI is InChI=1S/C22H20F3NO4/c1-3-29-21(28)20-13(2)26-19(27)12-18(20)14-6-4-8-16(10-14)30-17-9-5-7-15(11-17)22(23,24)25/h4-11,18H,3,12H2,1-2H3,(H,26,27)/t18-/m0/s1. The first-order valence-electron chi connectivity index (χ1n) is 9.32. The van der Waals surface area contributed by atoms with E-state index < -0.39 is 23.6 Å². The highest BCUT2D eigenvalue weighted by atomic mass is 19.4. The molecule has 0 bridgehead atoms. The zero-order valence-corrected chi connectivity index (χ0v) is 16.4. The Balaban J connectivity index is 1.92. The Morgan fingerprint density at radius 3 is 2.47 bits per heavy atom. The molecule has 1 atom stereocenters. The van der Waals surface area contributed by atoms with Crippen LogP contribution in [0.15, 0.2) is 59.8 Å². The topological polar surface area (TPSA) is 64.6 Å². The number of nitrogens with one attached hydrogen (secondary N) is 1. The molecule has 5 nitrogen and oxygen atoms in total. The van der Waals surface area contributed by atoms with Gasteiger partial charge in [-0.2, -0.15) is 13.2 Å². The van der Waals surface area contributed by atoms with Crippen molar-refractivity contribution in [3.05, 3.63) is 70.9 Å². The Morgan fingerprint density at radius 2 is 1.80 bits per heavy atom. The van der Waals surface area contributed by atoms with Gasteiger partial charge < -0.3 is 14.8 Å². The lowest BCUT2D eigenvalue weighted by Gasteiger charge is -2.26. The summed E-state index contributed by atoms with van der Waals surface area (Å²) >= 11 is 0. The number of rotatable bonds is 5. The smallest absolute Gasteiger partial charge is 0.416 e. The van der Waals surface area contributed by atoms with Gasteiger partial charge in [-0.05, 0) is 49.7 Å². The molecule has 0 aromatic heterocycles. The number of carbonyl (C=O) groups is 2. The number of benzene rings is 2. The van der Waals surface area contributed by atoms with E-state index in [1.165, 1.54) is 12.1 Å². The summed E-state index contributed by atoms with van der Waals surface area (Å²) in [6.45, 7) is 3.50. The van der Waals surface area contributed by atoms with Crippen LogP contribution in [0.1, 0.15) is 37.3 Å². The van der Waals surface area contributed by atoms with Gasteiger partial charge in [-0.3, -0.25) is 4.79 Å². The quantitative estimate of drug-likeness (QED) is 0.698. The van der Waals surface area contributed by atoms with Crippen LogP contribution in [0.5, 0.6) is 11.5 Å². The fourth-order valence-electron chi connectivity index (χ4n) is 3.33. The maximum Gasteiger partial charge on any atom is 0.416 e. The Kier molecular flexibility index (Phi) is 6.14. The van der Waals surface area contributed by atoms with Gasteiger partial charge in [0.2, 0.25) is 5.91 Å². The van der Waals surface area contributed by atoms with Crippen LogP contribution in [-0.4, -0.2) is 18.5 Å². The molecule has 1 N–H and O–H groups in total. The number of carbonyl (C=O) groups excluding carboxylic acids is 2. The molecule has 0 unspecified atom stereocenters. The van der Waals surface area contributed by atoms with Crippen molar-refractivity contribution in [3.63, 3.8) is 0 Å². The van der Waals surface area contributed by atoms with Crippen LogP contribution < -0.4 is 10.1 Å². The summed E-state index contributed by atoms with van der Waals surface area (Å²) < 4.78 is 49.5. The molecule has 8 heteroatoms. The molecule has 1 amide bonds. The first kappa shape index (κ1) is 21.4. The first-order valence-corrected chi connectivity index (χ1v) is 9.32. The van der Waals surface area contributed by atoms with Crippen LogP contribution in [0.4, 0.5) is 13.2 Å². The van der Waals surface area contributed by atoms with Crippen LogP contribution >= 0.6 is 0 Å². The molecule has 0 aliphatic carbocycles. The highest BCUT2D eigenvalue weighted by molar-refractivity contribution is 5.95. The number of amides is 1. The summed E-state index contributed by atoms with van der Waals surface area (Å²) in [5, 5.41) is 2.65. The minimum absolute atomic E-state index is 0.0284. The molecule has 3 rings (SSSR count). The molecule has 0 fully saturated rings. The third-order valence-corrected chi connectivity index (χ3v) is 4.62. The van der Waals surface area contributed by atoms with E-state index in [1.807, 2.05) is 0 Å². The molecule has 158 valence electrons. The molecular formula is C22H20F3NO4. The SMILES string of the molecule is CCOC(=O)C1=C(C)NC(=O)C[C@H]1c1cccc(Oc2cccc(C(F)(F)F)c2)c1. The van der Waals surface area contributed by atoms with Crippen LogP contribution in [0.2, 0.25) is 0 Å². The van der Waals surface area contributed by atoms with Crippen molar-refractivity contribution >= 4 is 11.9 Å². The normalized spacial score (nSPS) is 16.8. The van der Waals surface area contributed by atoms with E-state index in [0.29, 0.717) is 22.6 Å². The molecule has 0 saturated carbocycles. The lowest BCUT2D eigenvalue weighted by Crippen LogP contribution is -2.34. The van der Waals surface area contributed by atoms with Crippen molar-refractivity contribution in [3.8, 4) is 11.5 Å². The highest BCUT2D eigenvalue weighted by Gasteiger charge is 2.33. The molecule has 0 radical (unpaired) electrons. The predicted molar refractivity (Wildman–Crippen MR) is 103 cm³/mol. The van der Waals surface area contributed by atoms with Crippen LogP contribution in [0.25, 0.3) is 0 Å². The number of allylic oxidation sites excluding steroid dienone is 1. The minimum Gasteiger partial charge on any atom is -0.463 e. The van der Waals surface area contributed by atoms with Crippen LogP contribution in [0, 0.1) is 0 Å². The summed E-state index contributed by atoms with van der Waals surface area (Å²) in [7, 11) is 0. The number of alkyl halides is 3. The number of hydrogen-bond donors (Lipinski definition) is 1. The monoisotopic (exact) mass is 419 g/mol. The fourth-order valence-corrected chi connectivity index (χ4v) is 3.33. The molecule has 2 aromatic carbocycles. The molecule has 2 aromatic rings. The second kappa shape index (κ2) is 8.61. The summed E-state index contributed by atoms with van der Waals surface area (Å²) in [6, 6.07) is 11.1. The maximum atomic E-state index is 12.9. The third-order valence-electron chi connectivity index (χ3n) is 4.62. The van der Waals surface area contributed by atoms with E-state index >= 15 is 0 Å². The molecule has 1 heterocycles. The first-order chi connectivity index (χ1) is 14.2. The maximum absolute atomic E-state index is 12.9. The Labute approximate surface area is 171 Å². The van der Waals surface area contributed by atoms with E-state index in [0.717, 1.165) is 12.1 Å². The van der Waals surface area contributed by atoms with E-state index in [9.17, 15) is 22.8 Å². The van der Waals surface area contributed by atoms with Crippen molar-refractivity contribution in [2.75, 3.05) is 6.61 Å². The molecular weight excluding hydrogens is 399 g/mol. The summed E-state index contributed by atoms with van der Waals surface area (Å²) in [5.74, 6) is -0.999. The van der Waals surface area contributed by atoms with Gasteiger partial charge >= 0.3 is 12.1 Å². The minimum atomic E-state index is -4.48. The summed E-state index contributed by atoms with van der Waals surface area (Å²) in [4.78, 5) is 24.5. The predicted octanol–water partition coefficient (Wildman–Crippen LogP) is 4.94. The number of halogens is 3. The Morgan fingerprint density at radius 1 is 1.13 bits per heavy atom. The molecule has 1 aliphatic heterocycles. The van der Waals surface area contributed by atoms with Crippen molar-refractivity contribution in [2.24, 2.45) is 0 Å². The molecule has 0 spiro atoms. The van der Waals surface area contributed by atoms with Crippen molar-refractivity contribution in [1.29, 1.82) is 0 Å². The zero-order chi connectivity index (χ0) is 21.9. The summed E-state index contributed by atoms with van der Waals surface area (Å²) in [5.41, 5.74) is 0.562. The number of hydrogen-bond acceptors (Lipinski definition) is 4. The van der Waals surface area contributed by atoms with Gasteiger partial charge in [-0.15, -0.1) is 0 Å². The fraction of sp³-hybridized carbons (Fsp3) is 0.273. The lowest BCUT2D eigenvalue weighted by atomic mass is 9.84. The Hall–Kier alpha value is -3.29. The third kappa shape index (κ3) is 4.82. The van der Waals surface area contributed by atoms with Gasteiger partial charge in [-0.1, -0.05) is 18.2 Å². The van der Waals surface area contributed by atoms with E-state index in [-0.39, 0.29) is 24.7 Å². The number of esters is 1. The van der Waals surface area contributed by atoms with Gasteiger partial charge in [0.1, 0.15) is 11.5 Å². The van der Waals surface area contributed by atoms with Crippen LogP contribution in [0.3, 0.4) is 0 Å². The largest absolute Gasteiger partial charge is 0.463 e. The van der Waals surface area contributed by atoms with Gasteiger partial charge in [0.25, 0.3) is 0 Å². The highest BCUT2D eigenvalue weighted by Crippen LogP contribution is 2.36. The van der Waals surface area contributed by atoms with Crippen molar-refractivity contribution in [2.45, 2.75) is 32.4 Å². The Bertz CT molecular complexity index is 998. The second-order valence-corrected chi connectivity index (χ2v) is 6.76. The van der Waals surface area contributed by atoms with Crippen molar-refractivity contribution < 1.29 is 32.2 Å². The van der Waals surface area contributed by atoms with Gasteiger partial charge in [0.15, 0.2) is 0 Å². The molecule has 30 heavy (non-hydrogen) atoms. The van der Waals surface area contributed by atoms with Gasteiger partial charge in [0, 0.05) is 18.0 Å². The van der Waals surface area contributed by atoms with Crippen LogP contribution in [-0.2, 0) is 20.5 Å². The van der Waals surface area contributed by atoms with E-state index in [4.69, 9.17) is 9.47 Å². The second-order valence-electron chi connectivity index (χ2n) is 6.76. The zero-order valence-electron chi connectivity index (χ0n) is 16.4. The molecule has 1 aliphatic rings. The van der Waals surface area contributed by atoms with Gasteiger partial charge in [0.05, 0.1) is 17.7 Å². The summed E-state index contributed by atoms with van der Waals surface area (Å²) in [6.07, 6.45) is -4.44. The lowest BCUT2D eigenvalue weighted by molar-refractivity contribution is -0.139. The van der Waals surface area contributed by atoms with E-state index in [1.54, 1.807) is 38.1 Å². The average molecular weight is 419 g/mol. The van der Waals surface area contributed by atoms with Gasteiger partial charge in [-0.25, -0.2) is 4.79 Å². The van der Waals surface area contributed by atoms with Crippen molar-refractivity contribution in [1.82, 2.24) is 5.32 Å². The average Bonchev–Trinajstić information content (AvgIpc) is 2.67.